The van der Waals surface area contributed by atoms with Crippen LogP contribution < -0.4 is 0 Å². The van der Waals surface area contributed by atoms with Crippen LogP contribution in [0.2, 0.25) is 5.02 Å². The molecule has 1 atom stereocenters. The van der Waals surface area contributed by atoms with Crippen molar-refractivity contribution in [3.8, 4) is 0 Å². The number of fused-ring (bicyclic) bond motifs is 1. The average molecular weight is 288 g/mol. The minimum atomic E-state index is -1.14. The lowest BCUT2D eigenvalue weighted by molar-refractivity contribution is 0.215. The van der Waals surface area contributed by atoms with E-state index in [0.29, 0.717) is 5.56 Å². The maximum absolute atomic E-state index is 13.8. The highest BCUT2D eigenvalue weighted by Crippen LogP contribution is 2.31. The zero-order chi connectivity index (χ0) is 14.1. The molecular formula is C16H11ClFNO. The number of rotatable bonds is 2. The third-order valence-corrected chi connectivity index (χ3v) is 3.53. The van der Waals surface area contributed by atoms with Gasteiger partial charge in [0.05, 0.1) is 5.52 Å². The largest absolute Gasteiger partial charge is 0.383 e. The molecule has 0 saturated heterocycles. The Bertz CT molecular complexity index is 755. The second-order valence-corrected chi connectivity index (χ2v) is 4.91. The molecule has 2 aromatic carbocycles. The number of benzene rings is 2. The maximum atomic E-state index is 13.8. The van der Waals surface area contributed by atoms with Crippen LogP contribution in [-0.4, -0.2) is 10.1 Å². The van der Waals surface area contributed by atoms with Crippen LogP contribution in [0.1, 0.15) is 17.2 Å². The summed E-state index contributed by atoms with van der Waals surface area (Å²) in [6, 6.07) is 13.7. The summed E-state index contributed by atoms with van der Waals surface area (Å²) in [5.74, 6) is -0.529. The number of aliphatic hydroxyl groups excluding tert-OH is 1. The van der Waals surface area contributed by atoms with E-state index in [1.54, 1.807) is 12.1 Å². The second kappa shape index (κ2) is 5.19. The molecule has 2 nitrogen and oxygen atoms in total. The van der Waals surface area contributed by atoms with Crippen molar-refractivity contribution in [1.82, 2.24) is 4.98 Å². The van der Waals surface area contributed by atoms with Crippen LogP contribution in [0.3, 0.4) is 0 Å². The van der Waals surface area contributed by atoms with Crippen molar-refractivity contribution in [3.63, 3.8) is 0 Å². The summed E-state index contributed by atoms with van der Waals surface area (Å²) < 4.78 is 13.8. The summed E-state index contributed by atoms with van der Waals surface area (Å²) in [7, 11) is 0. The molecular weight excluding hydrogens is 277 g/mol. The fourth-order valence-electron chi connectivity index (χ4n) is 2.18. The summed E-state index contributed by atoms with van der Waals surface area (Å²) in [5.41, 5.74) is 1.41. The SMILES string of the molecule is OC(c1cnc2ccccc2c1)c1c(F)cccc1Cl. The smallest absolute Gasteiger partial charge is 0.130 e. The molecule has 4 heteroatoms. The molecule has 0 radical (unpaired) electrons. The van der Waals surface area contributed by atoms with E-state index in [0.717, 1.165) is 10.9 Å². The Labute approximate surface area is 120 Å². The van der Waals surface area contributed by atoms with Crippen LogP contribution in [0, 0.1) is 5.82 Å². The summed E-state index contributed by atoms with van der Waals surface area (Å²) in [6.07, 6.45) is 0.399. The molecule has 0 aliphatic carbocycles. The molecule has 100 valence electrons. The van der Waals surface area contributed by atoms with E-state index in [1.807, 2.05) is 24.3 Å². The number of aromatic nitrogens is 1. The van der Waals surface area contributed by atoms with Gasteiger partial charge in [0.25, 0.3) is 0 Å². The highest BCUT2D eigenvalue weighted by Gasteiger charge is 2.18. The van der Waals surface area contributed by atoms with Crippen molar-refractivity contribution >= 4 is 22.5 Å². The molecule has 3 rings (SSSR count). The number of hydrogen-bond donors (Lipinski definition) is 1. The van der Waals surface area contributed by atoms with E-state index in [-0.39, 0.29) is 10.6 Å². The molecule has 0 bridgehead atoms. The number of hydrogen-bond acceptors (Lipinski definition) is 2. The number of nitrogens with zero attached hydrogens (tertiary/aromatic N) is 1. The topological polar surface area (TPSA) is 33.1 Å². The average Bonchev–Trinajstić information content (AvgIpc) is 2.46. The zero-order valence-electron chi connectivity index (χ0n) is 10.4. The minimum absolute atomic E-state index is 0.0752. The first-order chi connectivity index (χ1) is 9.66. The van der Waals surface area contributed by atoms with Gasteiger partial charge < -0.3 is 5.11 Å². The van der Waals surface area contributed by atoms with Gasteiger partial charge in [0, 0.05) is 27.7 Å². The van der Waals surface area contributed by atoms with E-state index >= 15 is 0 Å². The molecule has 1 unspecified atom stereocenters. The van der Waals surface area contributed by atoms with Gasteiger partial charge in [-0.3, -0.25) is 4.98 Å². The standard InChI is InChI=1S/C16H11ClFNO/c17-12-5-3-6-13(18)15(12)16(20)11-8-10-4-1-2-7-14(10)19-9-11/h1-9,16,20H. The lowest BCUT2D eigenvalue weighted by Crippen LogP contribution is -2.04. The Hall–Kier alpha value is -1.97. The number of halogens is 2. The lowest BCUT2D eigenvalue weighted by Gasteiger charge is -2.14. The molecule has 20 heavy (non-hydrogen) atoms. The van der Waals surface area contributed by atoms with Crippen LogP contribution in [0.15, 0.2) is 54.7 Å². The summed E-state index contributed by atoms with van der Waals surface area (Å²) in [6.45, 7) is 0. The molecule has 0 amide bonds. The molecule has 1 N–H and O–H groups in total. The van der Waals surface area contributed by atoms with Gasteiger partial charge in [-0.1, -0.05) is 35.9 Å². The second-order valence-electron chi connectivity index (χ2n) is 4.50. The Kier molecular flexibility index (Phi) is 3.38. The monoisotopic (exact) mass is 287 g/mol. The normalized spacial score (nSPS) is 12.6. The molecule has 1 aromatic heterocycles. The first kappa shape index (κ1) is 13.0. The quantitative estimate of drug-likeness (QED) is 0.769. The van der Waals surface area contributed by atoms with Crippen molar-refractivity contribution in [3.05, 3.63) is 76.7 Å². The molecule has 0 aliphatic rings. The summed E-state index contributed by atoms with van der Waals surface area (Å²) >= 11 is 5.97. The number of pyridine rings is 1. The van der Waals surface area contributed by atoms with E-state index in [9.17, 15) is 9.50 Å². The Morgan fingerprint density at radius 1 is 1.10 bits per heavy atom. The van der Waals surface area contributed by atoms with Gasteiger partial charge in [-0.2, -0.15) is 0 Å². The maximum Gasteiger partial charge on any atom is 0.130 e. The van der Waals surface area contributed by atoms with Crippen molar-refractivity contribution in [2.75, 3.05) is 0 Å². The van der Waals surface area contributed by atoms with Crippen LogP contribution in [0.4, 0.5) is 4.39 Å². The van der Waals surface area contributed by atoms with Gasteiger partial charge >= 0.3 is 0 Å². The molecule has 0 saturated carbocycles. The fourth-order valence-corrected chi connectivity index (χ4v) is 2.44. The molecule has 3 aromatic rings. The molecule has 0 spiro atoms. The van der Waals surface area contributed by atoms with E-state index in [2.05, 4.69) is 4.98 Å². The Balaban J connectivity index is 2.10. The van der Waals surface area contributed by atoms with E-state index in [1.165, 1.54) is 18.3 Å². The van der Waals surface area contributed by atoms with Gasteiger partial charge in [0.2, 0.25) is 0 Å². The predicted molar refractivity (Wildman–Crippen MR) is 77.2 cm³/mol. The van der Waals surface area contributed by atoms with Crippen LogP contribution in [0.5, 0.6) is 0 Å². The highest BCUT2D eigenvalue weighted by molar-refractivity contribution is 6.31. The van der Waals surface area contributed by atoms with Gasteiger partial charge in [-0.15, -0.1) is 0 Å². The molecule has 0 aliphatic heterocycles. The van der Waals surface area contributed by atoms with Gasteiger partial charge in [0.15, 0.2) is 0 Å². The predicted octanol–water partition coefficient (Wildman–Crippen LogP) is 4.11. The Morgan fingerprint density at radius 2 is 1.90 bits per heavy atom. The zero-order valence-corrected chi connectivity index (χ0v) is 11.2. The molecule has 1 heterocycles. The third-order valence-electron chi connectivity index (χ3n) is 3.20. The molecule has 0 fully saturated rings. The minimum Gasteiger partial charge on any atom is -0.383 e. The first-order valence-electron chi connectivity index (χ1n) is 6.13. The van der Waals surface area contributed by atoms with Gasteiger partial charge in [0.1, 0.15) is 11.9 Å². The van der Waals surface area contributed by atoms with Gasteiger partial charge in [-0.25, -0.2) is 4.39 Å². The van der Waals surface area contributed by atoms with Crippen molar-refractivity contribution in [1.29, 1.82) is 0 Å². The van der Waals surface area contributed by atoms with Crippen LogP contribution in [0.25, 0.3) is 10.9 Å². The lowest BCUT2D eigenvalue weighted by atomic mass is 10.0. The van der Waals surface area contributed by atoms with Crippen molar-refractivity contribution in [2.24, 2.45) is 0 Å². The summed E-state index contributed by atoms with van der Waals surface area (Å²) in [4.78, 5) is 4.26. The number of para-hydroxylation sites is 1. The van der Waals surface area contributed by atoms with Gasteiger partial charge in [-0.05, 0) is 24.3 Å². The fraction of sp³-hybridized carbons (Fsp3) is 0.0625. The van der Waals surface area contributed by atoms with E-state index < -0.39 is 11.9 Å². The van der Waals surface area contributed by atoms with Crippen molar-refractivity contribution in [2.45, 2.75) is 6.10 Å². The number of aliphatic hydroxyl groups is 1. The highest BCUT2D eigenvalue weighted by atomic mass is 35.5. The van der Waals surface area contributed by atoms with Crippen LogP contribution in [-0.2, 0) is 0 Å². The van der Waals surface area contributed by atoms with Crippen molar-refractivity contribution < 1.29 is 9.50 Å². The first-order valence-corrected chi connectivity index (χ1v) is 6.51. The third kappa shape index (κ3) is 2.26. The Morgan fingerprint density at radius 3 is 2.70 bits per heavy atom. The van der Waals surface area contributed by atoms with Crippen LogP contribution >= 0.6 is 11.6 Å². The van der Waals surface area contributed by atoms with E-state index in [4.69, 9.17) is 11.6 Å². The summed E-state index contributed by atoms with van der Waals surface area (Å²) in [5, 5.41) is 11.4.